The van der Waals surface area contributed by atoms with E-state index in [-0.39, 0.29) is 23.4 Å². The number of anilines is 1. The van der Waals surface area contributed by atoms with Gasteiger partial charge in [-0.1, -0.05) is 44.2 Å². The number of ether oxygens (including phenoxy) is 3. The highest BCUT2D eigenvalue weighted by Gasteiger charge is 2.38. The summed E-state index contributed by atoms with van der Waals surface area (Å²) in [6, 6.07) is 13.0. The molecule has 2 aliphatic heterocycles. The number of carbonyl (C=O) groups is 1. The second kappa shape index (κ2) is 12.3. The molecule has 1 aromatic heterocycles. The van der Waals surface area contributed by atoms with Crippen LogP contribution in [0.2, 0.25) is 0 Å². The zero-order valence-electron chi connectivity index (χ0n) is 26.1. The van der Waals surface area contributed by atoms with Crippen LogP contribution < -0.4 is 15.0 Å². The van der Waals surface area contributed by atoms with Crippen LogP contribution in [0, 0.1) is 12.8 Å². The topological polar surface area (TPSA) is 72.9 Å². The van der Waals surface area contributed by atoms with E-state index < -0.39 is 5.60 Å². The van der Waals surface area contributed by atoms with Crippen LogP contribution in [-0.4, -0.2) is 55.9 Å². The Morgan fingerprint density at radius 2 is 2.02 bits per heavy atom. The van der Waals surface area contributed by atoms with Gasteiger partial charge in [0.05, 0.1) is 17.7 Å². The molecule has 7 nitrogen and oxygen atoms in total. The number of aryl methyl sites for hydroxylation is 1. The number of aromatic nitrogens is 1. The summed E-state index contributed by atoms with van der Waals surface area (Å²) < 4.78 is 18.0. The summed E-state index contributed by atoms with van der Waals surface area (Å²) in [4.78, 5) is 20.1. The Balaban J connectivity index is 1.31. The largest absolute Gasteiger partial charge is 0.488 e. The first-order valence-electron chi connectivity index (χ1n) is 15.0. The number of nitrogens with zero attached hydrogens (tertiary/aromatic N) is 2. The lowest BCUT2D eigenvalue weighted by Crippen LogP contribution is -2.49. The van der Waals surface area contributed by atoms with E-state index in [4.69, 9.17) is 19.2 Å². The fraction of sp³-hybridized carbons (Fsp3) is 0.529. The number of piperidine rings is 1. The molecule has 3 heterocycles. The minimum absolute atomic E-state index is 0.0792. The van der Waals surface area contributed by atoms with Crippen molar-refractivity contribution in [3.05, 3.63) is 64.0 Å². The summed E-state index contributed by atoms with van der Waals surface area (Å²) in [6.07, 6.45) is 1.47. The van der Waals surface area contributed by atoms with Crippen LogP contribution in [0.5, 0.6) is 5.75 Å². The fourth-order valence-corrected chi connectivity index (χ4v) is 6.85. The molecule has 8 heteroatoms. The van der Waals surface area contributed by atoms with Gasteiger partial charge in [-0.05, 0) is 75.4 Å². The molecule has 0 spiro atoms. The van der Waals surface area contributed by atoms with E-state index in [0.29, 0.717) is 19.6 Å². The highest BCUT2D eigenvalue weighted by atomic mass is 32.1. The monoisotopic (exact) mass is 591 g/mol. The van der Waals surface area contributed by atoms with Crippen LogP contribution in [0.15, 0.2) is 41.8 Å². The highest BCUT2D eigenvalue weighted by Crippen LogP contribution is 2.38. The number of nitrogens with one attached hydrogen (secondary N) is 1. The molecule has 1 N–H and O–H groups in total. The van der Waals surface area contributed by atoms with Crippen LogP contribution in [0.1, 0.15) is 63.3 Å². The SMILES string of the molecule is CO[C@@H]1CN(c2nc(-c3cccc(C)c3OCc3ccc4c(c3)C(C)(C)CNCC4)cs2)CC[C@@H]1C(=O)OC(C)(C)C. The van der Waals surface area contributed by atoms with Crippen LogP contribution in [0.25, 0.3) is 11.3 Å². The summed E-state index contributed by atoms with van der Waals surface area (Å²) in [5, 5.41) is 6.59. The van der Waals surface area contributed by atoms with E-state index in [1.54, 1.807) is 18.4 Å². The van der Waals surface area contributed by atoms with E-state index in [1.165, 1.54) is 16.7 Å². The van der Waals surface area contributed by atoms with Crippen LogP contribution in [0.4, 0.5) is 5.13 Å². The molecular weight excluding hydrogens is 546 g/mol. The van der Waals surface area contributed by atoms with Crippen molar-refractivity contribution in [2.24, 2.45) is 5.92 Å². The van der Waals surface area contributed by atoms with Crippen molar-refractivity contribution < 1.29 is 19.0 Å². The van der Waals surface area contributed by atoms with E-state index in [1.807, 2.05) is 20.8 Å². The van der Waals surface area contributed by atoms with Crippen molar-refractivity contribution >= 4 is 22.4 Å². The number of methoxy groups -OCH3 is 1. The molecule has 1 fully saturated rings. The molecule has 0 unspecified atom stereocenters. The molecule has 5 rings (SSSR count). The van der Waals surface area contributed by atoms with Crippen LogP contribution in [0.3, 0.4) is 0 Å². The smallest absolute Gasteiger partial charge is 0.312 e. The summed E-state index contributed by atoms with van der Waals surface area (Å²) in [5.41, 5.74) is 6.54. The quantitative estimate of drug-likeness (QED) is 0.323. The number of hydrogen-bond acceptors (Lipinski definition) is 8. The third-order valence-electron chi connectivity index (χ3n) is 8.25. The second-order valence-electron chi connectivity index (χ2n) is 13.2. The molecule has 0 radical (unpaired) electrons. The minimum Gasteiger partial charge on any atom is -0.488 e. The molecule has 0 saturated carbocycles. The van der Waals surface area contributed by atoms with Gasteiger partial charge in [-0.15, -0.1) is 11.3 Å². The van der Waals surface area contributed by atoms with E-state index in [0.717, 1.165) is 53.8 Å². The maximum atomic E-state index is 12.8. The Kier molecular flexibility index (Phi) is 8.97. The molecule has 226 valence electrons. The maximum absolute atomic E-state index is 12.8. The number of benzene rings is 2. The third kappa shape index (κ3) is 6.82. The van der Waals surface area contributed by atoms with Crippen molar-refractivity contribution in [1.29, 1.82) is 0 Å². The van der Waals surface area contributed by atoms with Crippen molar-refractivity contribution in [3.63, 3.8) is 0 Å². The van der Waals surface area contributed by atoms with Crippen molar-refractivity contribution in [2.75, 3.05) is 38.2 Å². The number of rotatable bonds is 7. The van der Waals surface area contributed by atoms with Gasteiger partial charge in [-0.2, -0.15) is 0 Å². The Morgan fingerprint density at radius 1 is 1.21 bits per heavy atom. The van der Waals surface area contributed by atoms with E-state index >= 15 is 0 Å². The lowest BCUT2D eigenvalue weighted by Gasteiger charge is -2.37. The van der Waals surface area contributed by atoms with Crippen molar-refractivity contribution in [1.82, 2.24) is 10.3 Å². The average Bonchev–Trinajstić information content (AvgIpc) is 3.38. The van der Waals surface area contributed by atoms with Gasteiger partial charge in [0.15, 0.2) is 5.13 Å². The predicted octanol–water partition coefficient (Wildman–Crippen LogP) is 6.30. The first kappa shape index (κ1) is 30.5. The van der Waals surface area contributed by atoms with Gasteiger partial charge in [0.25, 0.3) is 0 Å². The number of esters is 1. The number of carbonyl (C=O) groups excluding carboxylic acids is 1. The zero-order valence-corrected chi connectivity index (χ0v) is 26.9. The predicted molar refractivity (Wildman–Crippen MR) is 170 cm³/mol. The molecule has 1 saturated heterocycles. The van der Waals surface area contributed by atoms with Gasteiger partial charge in [-0.3, -0.25) is 4.79 Å². The molecule has 2 aromatic carbocycles. The first-order valence-corrected chi connectivity index (χ1v) is 15.8. The standard InChI is InChI=1S/C34H45N3O4S/c1-22-9-8-10-25(30(22)40-19-23-11-12-24-13-15-35-21-34(5,6)27(24)17-23)28-20-42-32(36-28)37-16-14-26(29(18-37)39-7)31(38)41-33(2,3)4/h8-12,17,20,26,29,35H,13-16,18-19,21H2,1-7H3/t26-,29+/m0/s1. The average molecular weight is 592 g/mol. The second-order valence-corrected chi connectivity index (χ2v) is 14.0. The lowest BCUT2D eigenvalue weighted by molar-refractivity contribution is -0.165. The van der Waals surface area contributed by atoms with E-state index in [2.05, 4.69) is 72.8 Å². The molecule has 3 aromatic rings. The van der Waals surface area contributed by atoms with E-state index in [9.17, 15) is 4.79 Å². The Hall–Kier alpha value is -2.94. The minimum atomic E-state index is -0.516. The van der Waals surface area contributed by atoms with Gasteiger partial charge in [0.1, 0.15) is 18.0 Å². The summed E-state index contributed by atoms with van der Waals surface area (Å²) in [5.74, 6) is 0.394. The van der Waals surface area contributed by atoms with Crippen molar-refractivity contribution in [3.8, 4) is 17.0 Å². The molecule has 0 aliphatic carbocycles. The summed E-state index contributed by atoms with van der Waals surface area (Å²) in [7, 11) is 1.66. The Labute approximate surface area is 254 Å². The van der Waals surface area contributed by atoms with Crippen LogP contribution in [-0.2, 0) is 32.7 Å². The zero-order chi connectivity index (χ0) is 30.1. The summed E-state index contributed by atoms with van der Waals surface area (Å²) in [6.45, 7) is 16.2. The third-order valence-corrected chi connectivity index (χ3v) is 9.15. The Morgan fingerprint density at radius 3 is 2.79 bits per heavy atom. The number of para-hydroxylation sites is 1. The van der Waals surface area contributed by atoms with Crippen molar-refractivity contribution in [2.45, 2.75) is 78.1 Å². The number of fused-ring (bicyclic) bond motifs is 1. The fourth-order valence-electron chi connectivity index (χ4n) is 5.99. The van der Waals surface area contributed by atoms with Gasteiger partial charge < -0.3 is 24.4 Å². The maximum Gasteiger partial charge on any atom is 0.312 e. The van der Waals surface area contributed by atoms with Gasteiger partial charge in [0.2, 0.25) is 0 Å². The summed E-state index contributed by atoms with van der Waals surface area (Å²) >= 11 is 1.61. The highest BCUT2D eigenvalue weighted by molar-refractivity contribution is 7.14. The van der Waals surface area contributed by atoms with Gasteiger partial charge >= 0.3 is 5.97 Å². The molecular formula is C34H45N3O4S. The molecule has 0 bridgehead atoms. The van der Waals surface area contributed by atoms with Crippen LogP contribution >= 0.6 is 11.3 Å². The Bertz CT molecular complexity index is 1410. The molecule has 0 amide bonds. The molecule has 2 aliphatic rings. The normalized spacial score (nSPS) is 20.5. The van der Waals surface area contributed by atoms with Gasteiger partial charge in [0, 0.05) is 43.1 Å². The molecule has 42 heavy (non-hydrogen) atoms. The van der Waals surface area contributed by atoms with Gasteiger partial charge in [-0.25, -0.2) is 4.98 Å². The molecule has 2 atom stereocenters. The lowest BCUT2D eigenvalue weighted by atomic mass is 9.81. The number of thiazole rings is 1. The first-order chi connectivity index (χ1) is 19.9. The number of hydrogen-bond donors (Lipinski definition) is 1.